The van der Waals surface area contributed by atoms with E-state index in [4.69, 9.17) is 0 Å². The Morgan fingerprint density at radius 2 is 2.55 bits per heavy atom. The summed E-state index contributed by atoms with van der Waals surface area (Å²) in [5.74, 6) is 0.694. The molecule has 0 bridgehead atoms. The van der Waals surface area contributed by atoms with Crippen LogP contribution in [0.3, 0.4) is 0 Å². The average molecular weight is 175 g/mol. The molecule has 0 aromatic heterocycles. The van der Waals surface area contributed by atoms with Gasteiger partial charge in [-0.05, 0) is 6.42 Å². The topological polar surface area (TPSA) is 38.3 Å². The standard InChI is InChI=1S/C7H13NO2S/c1-3-6-8-5(4-11-6)7(9)10-2/h5-6,8H,3-4H2,1-2H3/t5-,6-/m0/s1. The first-order chi connectivity index (χ1) is 5.27. The minimum atomic E-state index is -0.145. The largest absolute Gasteiger partial charge is 0.468 e. The molecule has 0 unspecified atom stereocenters. The highest BCUT2D eigenvalue weighted by Gasteiger charge is 2.28. The van der Waals surface area contributed by atoms with Crippen molar-refractivity contribution in [3.63, 3.8) is 0 Å². The van der Waals surface area contributed by atoms with E-state index >= 15 is 0 Å². The van der Waals surface area contributed by atoms with Crippen molar-refractivity contribution >= 4 is 17.7 Å². The predicted octanol–water partition coefficient (Wildman–Crippen LogP) is 0.600. The minimum Gasteiger partial charge on any atom is -0.468 e. The fraction of sp³-hybridized carbons (Fsp3) is 0.857. The number of carbonyl (C=O) groups is 1. The number of ether oxygens (including phenoxy) is 1. The number of esters is 1. The summed E-state index contributed by atoms with van der Waals surface area (Å²) in [6, 6.07) is -0.0880. The molecule has 1 rings (SSSR count). The second-order valence-electron chi connectivity index (χ2n) is 2.47. The molecule has 1 saturated heterocycles. The van der Waals surface area contributed by atoms with Crippen LogP contribution in [0.4, 0.5) is 0 Å². The average Bonchev–Trinajstić information content (AvgIpc) is 2.50. The van der Waals surface area contributed by atoms with Gasteiger partial charge in [0.05, 0.1) is 12.5 Å². The Labute approximate surface area is 70.9 Å². The Morgan fingerprint density at radius 1 is 1.82 bits per heavy atom. The molecule has 64 valence electrons. The van der Waals surface area contributed by atoms with Gasteiger partial charge in [-0.25, -0.2) is 0 Å². The molecule has 1 aliphatic rings. The van der Waals surface area contributed by atoms with Crippen LogP contribution in [0.1, 0.15) is 13.3 Å². The molecule has 3 nitrogen and oxygen atoms in total. The zero-order valence-electron chi connectivity index (χ0n) is 6.79. The number of hydrogen-bond acceptors (Lipinski definition) is 4. The van der Waals surface area contributed by atoms with Crippen LogP contribution < -0.4 is 5.32 Å². The van der Waals surface area contributed by atoms with Gasteiger partial charge in [0.1, 0.15) is 6.04 Å². The van der Waals surface area contributed by atoms with Crippen molar-refractivity contribution in [2.24, 2.45) is 0 Å². The highest BCUT2D eigenvalue weighted by atomic mass is 32.2. The van der Waals surface area contributed by atoms with E-state index in [1.807, 2.05) is 0 Å². The number of carbonyl (C=O) groups excluding carboxylic acids is 1. The second kappa shape index (κ2) is 3.97. The third kappa shape index (κ3) is 2.10. The SMILES string of the molecule is CC[C@H]1N[C@H](C(=O)OC)CS1. The van der Waals surface area contributed by atoms with Crippen LogP contribution in [0.15, 0.2) is 0 Å². The summed E-state index contributed by atoms with van der Waals surface area (Å²) in [5.41, 5.74) is 0. The third-order valence-corrected chi connectivity index (χ3v) is 3.11. The zero-order valence-corrected chi connectivity index (χ0v) is 7.61. The van der Waals surface area contributed by atoms with Crippen LogP contribution in [0.5, 0.6) is 0 Å². The molecule has 0 aromatic rings. The number of nitrogens with one attached hydrogen (secondary N) is 1. The lowest BCUT2D eigenvalue weighted by atomic mass is 10.3. The summed E-state index contributed by atoms with van der Waals surface area (Å²) in [5, 5.41) is 3.61. The molecule has 0 aromatic carbocycles. The van der Waals surface area contributed by atoms with Crippen LogP contribution >= 0.6 is 11.8 Å². The van der Waals surface area contributed by atoms with E-state index in [-0.39, 0.29) is 12.0 Å². The fourth-order valence-electron chi connectivity index (χ4n) is 1.05. The molecule has 0 radical (unpaired) electrons. The van der Waals surface area contributed by atoms with Crippen LogP contribution in [0.25, 0.3) is 0 Å². The van der Waals surface area contributed by atoms with Gasteiger partial charge in [-0.3, -0.25) is 10.1 Å². The van der Waals surface area contributed by atoms with Crippen molar-refractivity contribution in [2.75, 3.05) is 12.9 Å². The van der Waals surface area contributed by atoms with Crippen molar-refractivity contribution in [1.82, 2.24) is 5.32 Å². The van der Waals surface area contributed by atoms with Gasteiger partial charge in [-0.2, -0.15) is 0 Å². The molecule has 0 aliphatic carbocycles. The first-order valence-electron chi connectivity index (χ1n) is 3.73. The second-order valence-corrected chi connectivity index (χ2v) is 3.71. The van der Waals surface area contributed by atoms with Gasteiger partial charge < -0.3 is 4.74 Å². The monoisotopic (exact) mass is 175 g/mol. The molecule has 0 spiro atoms. The Kier molecular flexibility index (Phi) is 3.20. The zero-order chi connectivity index (χ0) is 8.27. The molecule has 0 saturated carbocycles. The summed E-state index contributed by atoms with van der Waals surface area (Å²) >= 11 is 1.78. The van der Waals surface area contributed by atoms with Gasteiger partial charge in [-0.1, -0.05) is 6.92 Å². The van der Waals surface area contributed by atoms with E-state index in [0.717, 1.165) is 12.2 Å². The van der Waals surface area contributed by atoms with E-state index in [0.29, 0.717) is 5.37 Å². The lowest BCUT2D eigenvalue weighted by Crippen LogP contribution is -2.37. The van der Waals surface area contributed by atoms with Crippen molar-refractivity contribution in [3.8, 4) is 0 Å². The summed E-state index contributed by atoms with van der Waals surface area (Å²) in [6.45, 7) is 2.10. The summed E-state index contributed by atoms with van der Waals surface area (Å²) in [4.78, 5) is 11.0. The van der Waals surface area contributed by atoms with Crippen LogP contribution in [0, 0.1) is 0 Å². The van der Waals surface area contributed by atoms with E-state index < -0.39 is 0 Å². The maximum absolute atomic E-state index is 11.0. The van der Waals surface area contributed by atoms with E-state index in [1.165, 1.54) is 7.11 Å². The smallest absolute Gasteiger partial charge is 0.323 e. The van der Waals surface area contributed by atoms with Crippen molar-refractivity contribution < 1.29 is 9.53 Å². The molecular formula is C7H13NO2S. The van der Waals surface area contributed by atoms with Crippen LogP contribution in [-0.2, 0) is 9.53 Å². The van der Waals surface area contributed by atoms with E-state index in [1.54, 1.807) is 11.8 Å². The first kappa shape index (κ1) is 8.87. The van der Waals surface area contributed by atoms with E-state index in [9.17, 15) is 4.79 Å². The van der Waals surface area contributed by atoms with Crippen molar-refractivity contribution in [3.05, 3.63) is 0 Å². The van der Waals surface area contributed by atoms with Crippen molar-refractivity contribution in [2.45, 2.75) is 24.8 Å². The van der Waals surface area contributed by atoms with Gasteiger partial charge in [0.2, 0.25) is 0 Å². The lowest BCUT2D eigenvalue weighted by Gasteiger charge is -2.08. The molecule has 4 heteroatoms. The van der Waals surface area contributed by atoms with Crippen molar-refractivity contribution in [1.29, 1.82) is 0 Å². The Balaban J connectivity index is 2.35. The van der Waals surface area contributed by atoms with Crippen LogP contribution in [0.2, 0.25) is 0 Å². The van der Waals surface area contributed by atoms with Crippen LogP contribution in [-0.4, -0.2) is 30.2 Å². The summed E-state index contributed by atoms with van der Waals surface area (Å²) in [7, 11) is 1.42. The number of methoxy groups -OCH3 is 1. The number of thioether (sulfide) groups is 1. The molecule has 2 atom stereocenters. The molecule has 11 heavy (non-hydrogen) atoms. The summed E-state index contributed by atoms with van der Waals surface area (Å²) in [6.07, 6.45) is 1.05. The Morgan fingerprint density at radius 3 is 3.00 bits per heavy atom. The molecule has 0 amide bonds. The molecule has 1 N–H and O–H groups in total. The normalized spacial score (nSPS) is 30.4. The van der Waals surface area contributed by atoms with Gasteiger partial charge in [0.15, 0.2) is 0 Å². The fourth-order valence-corrected chi connectivity index (χ4v) is 2.20. The maximum Gasteiger partial charge on any atom is 0.323 e. The van der Waals surface area contributed by atoms with Gasteiger partial charge in [-0.15, -0.1) is 11.8 Å². The number of hydrogen-bond donors (Lipinski definition) is 1. The number of rotatable bonds is 2. The maximum atomic E-state index is 11.0. The van der Waals surface area contributed by atoms with Gasteiger partial charge >= 0.3 is 5.97 Å². The Bertz CT molecular complexity index is 151. The van der Waals surface area contributed by atoms with Gasteiger partial charge in [0.25, 0.3) is 0 Å². The minimum absolute atomic E-state index is 0.0880. The third-order valence-electron chi connectivity index (χ3n) is 1.71. The molecule has 1 heterocycles. The highest BCUT2D eigenvalue weighted by Crippen LogP contribution is 2.21. The molecule has 1 aliphatic heterocycles. The lowest BCUT2D eigenvalue weighted by molar-refractivity contribution is -0.142. The quantitative estimate of drug-likeness (QED) is 0.624. The van der Waals surface area contributed by atoms with E-state index in [2.05, 4.69) is 17.0 Å². The molecular weight excluding hydrogens is 162 g/mol. The predicted molar refractivity (Wildman–Crippen MR) is 45.5 cm³/mol. The highest BCUT2D eigenvalue weighted by molar-refractivity contribution is 8.00. The van der Waals surface area contributed by atoms with Gasteiger partial charge in [0, 0.05) is 5.75 Å². The first-order valence-corrected chi connectivity index (χ1v) is 4.78. The Hall–Kier alpha value is -0.220. The summed E-state index contributed by atoms with van der Waals surface area (Å²) < 4.78 is 4.61. The molecule has 1 fully saturated rings.